The van der Waals surface area contributed by atoms with Crippen LogP contribution in [0.3, 0.4) is 0 Å². The molecule has 0 atom stereocenters. The number of anilines is 2. The maximum absolute atomic E-state index is 12.9. The molecular weight excluding hydrogens is 276 g/mol. The van der Waals surface area contributed by atoms with Crippen LogP contribution in [0.25, 0.3) is 0 Å². The van der Waals surface area contributed by atoms with E-state index in [2.05, 4.69) is 0 Å². The number of benzene rings is 1. The topological polar surface area (TPSA) is 46.3 Å². The fourth-order valence-corrected chi connectivity index (χ4v) is 1.40. The first-order chi connectivity index (χ1) is 8.17. The molecule has 0 radical (unpaired) electrons. The molecule has 0 spiro atoms. The number of nitrogens with two attached hydrogens (primary N) is 1. The lowest BCUT2D eigenvalue weighted by molar-refractivity contribution is -0.166. The molecule has 100 valence electrons. The van der Waals surface area contributed by atoms with E-state index in [9.17, 15) is 22.4 Å². The highest BCUT2D eigenvalue weighted by Gasteiger charge is 2.50. The maximum atomic E-state index is 12.9. The fraction of sp³-hybridized carbons (Fsp3) is 0.300. The van der Waals surface area contributed by atoms with Crippen LogP contribution in [0.4, 0.5) is 28.9 Å². The van der Waals surface area contributed by atoms with Crippen LogP contribution in [0, 0.1) is 0 Å². The first-order valence-electron chi connectivity index (χ1n) is 4.67. The maximum Gasteiger partial charge on any atom is 0.384 e. The van der Waals surface area contributed by atoms with Gasteiger partial charge in [0.05, 0.1) is 11.4 Å². The van der Waals surface area contributed by atoms with Crippen LogP contribution in [-0.4, -0.2) is 25.3 Å². The number of hydrogen-bond donors (Lipinski definition) is 1. The smallest absolute Gasteiger partial charge is 0.384 e. The number of hydrogen-bond acceptors (Lipinski definition) is 2. The van der Waals surface area contributed by atoms with Gasteiger partial charge in [-0.2, -0.15) is 8.78 Å². The molecular formula is C10H9ClF4N2O. The highest BCUT2D eigenvalue weighted by atomic mass is 35.5. The zero-order chi connectivity index (χ0) is 14.1. The molecule has 0 saturated carbocycles. The number of alkyl halides is 4. The second kappa shape index (κ2) is 5.01. The summed E-state index contributed by atoms with van der Waals surface area (Å²) in [6.07, 6.45) is -4.09. The average molecular weight is 285 g/mol. The molecule has 3 nitrogen and oxygen atoms in total. The Labute approximate surface area is 105 Å². The normalized spacial score (nSPS) is 11.7. The summed E-state index contributed by atoms with van der Waals surface area (Å²) in [5, 5.41) is 0.138. The number of carbonyl (C=O) groups excluding carboxylic acids is 1. The van der Waals surface area contributed by atoms with E-state index in [4.69, 9.17) is 17.3 Å². The Morgan fingerprint density at radius 3 is 2.50 bits per heavy atom. The number of nitrogen functional groups attached to an aromatic ring is 1. The zero-order valence-corrected chi connectivity index (χ0v) is 9.89. The van der Waals surface area contributed by atoms with Crippen molar-refractivity contribution in [2.24, 2.45) is 0 Å². The Bertz CT molecular complexity index is 467. The molecule has 2 N–H and O–H groups in total. The van der Waals surface area contributed by atoms with Gasteiger partial charge in [-0.05, 0) is 18.2 Å². The Kier molecular flexibility index (Phi) is 4.05. The van der Waals surface area contributed by atoms with Crippen molar-refractivity contribution >= 4 is 28.9 Å². The standard InChI is InChI=1S/C10H9ClF4N2O/c1-17(9(18)10(14,15)8(12)13)7-4-5(11)2-3-6(7)16/h2-4,8H,16H2,1H3. The predicted molar refractivity (Wildman–Crippen MR) is 60.2 cm³/mol. The third-order valence-electron chi connectivity index (χ3n) is 2.22. The largest absolute Gasteiger partial charge is 0.397 e. The Morgan fingerprint density at radius 1 is 1.44 bits per heavy atom. The van der Waals surface area contributed by atoms with Crippen LogP contribution in [-0.2, 0) is 4.79 Å². The van der Waals surface area contributed by atoms with E-state index in [-0.39, 0.29) is 16.4 Å². The van der Waals surface area contributed by atoms with Gasteiger partial charge in [0.1, 0.15) is 0 Å². The molecule has 0 unspecified atom stereocenters. The molecule has 0 aliphatic heterocycles. The Balaban J connectivity index is 3.11. The van der Waals surface area contributed by atoms with E-state index >= 15 is 0 Å². The van der Waals surface area contributed by atoms with Crippen LogP contribution in [0.2, 0.25) is 5.02 Å². The number of halogens is 5. The van der Waals surface area contributed by atoms with Crippen molar-refractivity contribution in [2.75, 3.05) is 17.7 Å². The van der Waals surface area contributed by atoms with Gasteiger partial charge in [0.25, 0.3) is 0 Å². The molecule has 0 aliphatic carbocycles. The van der Waals surface area contributed by atoms with Crippen LogP contribution in [0.1, 0.15) is 0 Å². The van der Waals surface area contributed by atoms with Gasteiger partial charge < -0.3 is 10.6 Å². The number of rotatable bonds is 3. The predicted octanol–water partition coefficient (Wildman–Crippen LogP) is 2.79. The molecule has 1 amide bonds. The summed E-state index contributed by atoms with van der Waals surface area (Å²) in [7, 11) is 0.917. The Morgan fingerprint density at radius 2 is 2.00 bits per heavy atom. The van der Waals surface area contributed by atoms with Crippen molar-refractivity contribution in [2.45, 2.75) is 12.3 Å². The van der Waals surface area contributed by atoms with Crippen molar-refractivity contribution in [1.29, 1.82) is 0 Å². The molecule has 0 aromatic heterocycles. The zero-order valence-electron chi connectivity index (χ0n) is 9.13. The monoisotopic (exact) mass is 284 g/mol. The van der Waals surface area contributed by atoms with E-state index in [1.807, 2.05) is 0 Å². The molecule has 1 aromatic carbocycles. The molecule has 1 aromatic rings. The lowest BCUT2D eigenvalue weighted by Crippen LogP contribution is -2.46. The van der Waals surface area contributed by atoms with Crippen molar-refractivity contribution in [3.05, 3.63) is 23.2 Å². The Hall–Kier alpha value is -1.50. The van der Waals surface area contributed by atoms with Crippen LogP contribution < -0.4 is 10.6 Å². The summed E-state index contributed by atoms with van der Waals surface area (Å²) >= 11 is 5.61. The second-order valence-corrected chi connectivity index (χ2v) is 3.93. The molecule has 0 saturated heterocycles. The molecule has 0 aliphatic rings. The average Bonchev–Trinajstić information content (AvgIpc) is 2.30. The number of carbonyl (C=O) groups is 1. The van der Waals surface area contributed by atoms with Gasteiger partial charge in [0.15, 0.2) is 0 Å². The number of nitrogens with zero attached hydrogens (tertiary/aromatic N) is 1. The minimum atomic E-state index is -4.77. The summed E-state index contributed by atoms with van der Waals surface area (Å²) in [6.45, 7) is 0. The van der Waals surface area contributed by atoms with Gasteiger partial charge in [-0.15, -0.1) is 0 Å². The summed E-state index contributed by atoms with van der Waals surface area (Å²) in [5.74, 6) is -6.82. The molecule has 0 bridgehead atoms. The number of amides is 1. The SMILES string of the molecule is CN(C(=O)C(F)(F)C(F)F)c1cc(Cl)ccc1N. The van der Waals surface area contributed by atoms with E-state index in [0.29, 0.717) is 4.90 Å². The molecule has 1 rings (SSSR count). The molecule has 0 fully saturated rings. The lowest BCUT2D eigenvalue weighted by Gasteiger charge is -2.24. The van der Waals surface area contributed by atoms with Crippen LogP contribution in [0.15, 0.2) is 18.2 Å². The highest BCUT2D eigenvalue weighted by molar-refractivity contribution is 6.31. The molecule has 0 heterocycles. The van der Waals surface area contributed by atoms with E-state index < -0.39 is 18.3 Å². The summed E-state index contributed by atoms with van der Waals surface area (Å²) in [5.41, 5.74) is 5.28. The lowest BCUT2D eigenvalue weighted by atomic mass is 10.2. The summed E-state index contributed by atoms with van der Waals surface area (Å²) in [6, 6.07) is 3.79. The first-order valence-corrected chi connectivity index (χ1v) is 5.05. The minimum absolute atomic E-state index is 0.0275. The van der Waals surface area contributed by atoms with Gasteiger partial charge >= 0.3 is 18.3 Å². The van der Waals surface area contributed by atoms with E-state index in [1.54, 1.807) is 0 Å². The third kappa shape index (κ3) is 2.66. The van der Waals surface area contributed by atoms with Crippen molar-refractivity contribution in [1.82, 2.24) is 0 Å². The fourth-order valence-electron chi connectivity index (χ4n) is 1.23. The van der Waals surface area contributed by atoms with Gasteiger partial charge in [-0.1, -0.05) is 11.6 Å². The molecule has 18 heavy (non-hydrogen) atoms. The van der Waals surface area contributed by atoms with Crippen molar-refractivity contribution in [3.63, 3.8) is 0 Å². The minimum Gasteiger partial charge on any atom is -0.397 e. The second-order valence-electron chi connectivity index (χ2n) is 3.49. The van der Waals surface area contributed by atoms with Crippen molar-refractivity contribution in [3.8, 4) is 0 Å². The first kappa shape index (κ1) is 14.6. The quantitative estimate of drug-likeness (QED) is 0.685. The van der Waals surface area contributed by atoms with Gasteiger partial charge in [0, 0.05) is 12.1 Å². The summed E-state index contributed by atoms with van der Waals surface area (Å²) in [4.78, 5) is 11.6. The third-order valence-corrected chi connectivity index (χ3v) is 2.45. The van der Waals surface area contributed by atoms with Crippen molar-refractivity contribution < 1.29 is 22.4 Å². The van der Waals surface area contributed by atoms with Gasteiger partial charge in [-0.25, -0.2) is 8.78 Å². The van der Waals surface area contributed by atoms with Gasteiger partial charge in [-0.3, -0.25) is 4.79 Å². The summed E-state index contributed by atoms with van der Waals surface area (Å²) < 4.78 is 49.9. The van der Waals surface area contributed by atoms with E-state index in [1.165, 1.54) is 12.1 Å². The van der Waals surface area contributed by atoms with Gasteiger partial charge in [0.2, 0.25) is 0 Å². The molecule has 8 heteroatoms. The van der Waals surface area contributed by atoms with Crippen LogP contribution in [0.5, 0.6) is 0 Å². The highest BCUT2D eigenvalue weighted by Crippen LogP contribution is 2.31. The van der Waals surface area contributed by atoms with E-state index in [0.717, 1.165) is 13.1 Å². The van der Waals surface area contributed by atoms with Crippen LogP contribution >= 0.6 is 11.6 Å².